The van der Waals surface area contributed by atoms with Gasteiger partial charge in [-0.15, -0.1) is 5.10 Å². The summed E-state index contributed by atoms with van der Waals surface area (Å²) in [5, 5.41) is 17.2. The Hall–Kier alpha value is -4.92. The van der Waals surface area contributed by atoms with Crippen molar-refractivity contribution >= 4 is 17.8 Å². The molecule has 0 aliphatic carbocycles. The average Bonchev–Trinajstić information content (AvgIpc) is 3.68. The molecule has 0 atom stereocenters. The molecule has 12 heteroatoms. The second-order valence-electron chi connectivity index (χ2n) is 7.99. The summed E-state index contributed by atoms with van der Waals surface area (Å²) in [5.74, 6) is -0.0618. The van der Waals surface area contributed by atoms with E-state index in [0.29, 0.717) is 44.4 Å². The van der Waals surface area contributed by atoms with Gasteiger partial charge in [0.1, 0.15) is 6.07 Å². The van der Waals surface area contributed by atoms with E-state index in [1.807, 2.05) is 41.3 Å². The van der Waals surface area contributed by atoms with Crippen molar-refractivity contribution < 1.29 is 23.2 Å². The van der Waals surface area contributed by atoms with E-state index in [0.717, 1.165) is 5.56 Å². The summed E-state index contributed by atoms with van der Waals surface area (Å²) >= 11 is 0. The summed E-state index contributed by atoms with van der Waals surface area (Å²) in [6.07, 6.45) is 2.98. The van der Waals surface area contributed by atoms with E-state index in [9.17, 15) is 14.9 Å². The van der Waals surface area contributed by atoms with Crippen LogP contribution < -0.4 is 4.90 Å². The Morgan fingerprint density at radius 2 is 1.89 bits per heavy atom. The molecule has 0 saturated carbocycles. The van der Waals surface area contributed by atoms with Crippen molar-refractivity contribution in [2.24, 2.45) is 0 Å². The highest BCUT2D eigenvalue weighted by Gasteiger charge is 2.27. The molecule has 1 aliphatic rings. The number of anilines is 1. The molecule has 182 valence electrons. The normalized spacial score (nSPS) is 13.4. The molecule has 0 bridgehead atoms. The Labute approximate surface area is 205 Å². The lowest BCUT2D eigenvalue weighted by Crippen LogP contribution is -2.50. The van der Waals surface area contributed by atoms with Gasteiger partial charge in [0.2, 0.25) is 11.6 Å². The van der Waals surface area contributed by atoms with Crippen molar-refractivity contribution in [1.29, 1.82) is 5.26 Å². The maximum atomic E-state index is 12.6. The second-order valence-corrected chi connectivity index (χ2v) is 7.99. The lowest BCUT2D eigenvalue weighted by atomic mass is 10.2. The van der Waals surface area contributed by atoms with Crippen molar-refractivity contribution in [3.05, 3.63) is 71.9 Å². The molecule has 1 aliphatic heterocycles. The highest BCUT2D eigenvalue weighted by molar-refractivity contribution is 5.89. The summed E-state index contributed by atoms with van der Waals surface area (Å²) in [6.45, 7) is 1.64. The van der Waals surface area contributed by atoms with Crippen molar-refractivity contribution in [2.75, 3.05) is 37.7 Å². The molecule has 1 saturated heterocycles. The number of esters is 1. The number of nitriles is 1. The van der Waals surface area contributed by atoms with Gasteiger partial charge in [-0.05, 0) is 17.7 Å². The summed E-state index contributed by atoms with van der Waals surface area (Å²) in [6, 6.07) is 15.1. The molecule has 4 heterocycles. The van der Waals surface area contributed by atoms with Crippen LogP contribution in [0.3, 0.4) is 0 Å². The monoisotopic (exact) mass is 487 g/mol. The van der Waals surface area contributed by atoms with Crippen LogP contribution >= 0.6 is 0 Å². The summed E-state index contributed by atoms with van der Waals surface area (Å²) in [4.78, 5) is 32.5. The van der Waals surface area contributed by atoms with E-state index in [1.54, 1.807) is 17.0 Å². The van der Waals surface area contributed by atoms with Crippen LogP contribution in [-0.4, -0.2) is 69.5 Å². The maximum Gasteiger partial charge on any atom is 0.361 e. The Morgan fingerprint density at radius 3 is 2.61 bits per heavy atom. The molecule has 0 unspecified atom stereocenters. The van der Waals surface area contributed by atoms with Crippen LogP contribution in [-0.2, 0) is 16.1 Å². The average molecular weight is 487 g/mol. The number of carbonyl (C=O) groups is 2. The first-order chi connectivity index (χ1) is 17.6. The predicted molar refractivity (Wildman–Crippen MR) is 124 cm³/mol. The molecule has 0 N–H and O–H groups in total. The molecule has 5 rings (SSSR count). The number of carbonyl (C=O) groups excluding carboxylic acids is 2. The van der Waals surface area contributed by atoms with Gasteiger partial charge >= 0.3 is 5.97 Å². The van der Waals surface area contributed by atoms with Crippen molar-refractivity contribution in [1.82, 2.24) is 24.9 Å². The fraction of sp³-hybridized carbons (Fsp3) is 0.250. The number of rotatable bonds is 7. The fourth-order valence-electron chi connectivity index (χ4n) is 3.80. The number of hydrogen-bond donors (Lipinski definition) is 0. The first-order valence-electron chi connectivity index (χ1n) is 11.2. The SMILES string of the molecule is N#Cc1nc(-c2ccco2)oc1N1CCN(C(=O)COC(=O)c2cn(Cc3ccccc3)nn2)CC1. The van der Waals surface area contributed by atoms with Gasteiger partial charge in [0.05, 0.1) is 19.0 Å². The molecule has 12 nitrogen and oxygen atoms in total. The number of ether oxygens (including phenoxy) is 1. The van der Waals surface area contributed by atoms with E-state index >= 15 is 0 Å². The molecule has 1 fully saturated rings. The molecule has 1 aromatic carbocycles. The van der Waals surface area contributed by atoms with Crippen molar-refractivity contribution in [3.63, 3.8) is 0 Å². The summed E-state index contributed by atoms with van der Waals surface area (Å²) in [7, 11) is 0. The van der Waals surface area contributed by atoms with E-state index < -0.39 is 12.6 Å². The molecule has 0 radical (unpaired) electrons. The molecular weight excluding hydrogens is 466 g/mol. The zero-order valence-electron chi connectivity index (χ0n) is 19.1. The Bertz CT molecular complexity index is 1380. The van der Waals surface area contributed by atoms with Crippen molar-refractivity contribution in [2.45, 2.75) is 6.54 Å². The third-order valence-electron chi connectivity index (χ3n) is 5.63. The number of hydrogen-bond acceptors (Lipinski definition) is 10. The van der Waals surface area contributed by atoms with Gasteiger partial charge < -0.3 is 23.4 Å². The quantitative estimate of drug-likeness (QED) is 0.355. The van der Waals surface area contributed by atoms with Crippen LogP contribution in [0.2, 0.25) is 0 Å². The van der Waals surface area contributed by atoms with Gasteiger partial charge in [-0.2, -0.15) is 10.2 Å². The Kier molecular flexibility index (Phi) is 6.44. The number of oxazole rings is 1. The number of nitrogens with zero attached hydrogens (tertiary/aromatic N) is 7. The van der Waals surface area contributed by atoms with Gasteiger partial charge in [-0.25, -0.2) is 9.48 Å². The minimum absolute atomic E-state index is 0.0327. The zero-order valence-corrected chi connectivity index (χ0v) is 19.1. The summed E-state index contributed by atoms with van der Waals surface area (Å²) in [5.41, 5.74) is 1.20. The first kappa shape index (κ1) is 22.9. The number of benzene rings is 1. The van der Waals surface area contributed by atoms with Crippen LogP contribution in [0.5, 0.6) is 0 Å². The fourth-order valence-corrected chi connectivity index (χ4v) is 3.80. The van der Waals surface area contributed by atoms with Gasteiger partial charge in [-0.1, -0.05) is 35.5 Å². The van der Waals surface area contributed by atoms with Gasteiger partial charge in [0.25, 0.3) is 11.8 Å². The van der Waals surface area contributed by atoms with E-state index in [-0.39, 0.29) is 23.2 Å². The highest BCUT2D eigenvalue weighted by atomic mass is 16.5. The number of aromatic nitrogens is 4. The van der Waals surface area contributed by atoms with Crippen LogP contribution in [0.25, 0.3) is 11.7 Å². The zero-order chi connectivity index (χ0) is 24.9. The molecular formula is C24H21N7O5. The van der Waals surface area contributed by atoms with Crippen LogP contribution in [0.4, 0.5) is 5.88 Å². The number of furan rings is 1. The summed E-state index contributed by atoms with van der Waals surface area (Å²) < 4.78 is 17.7. The van der Waals surface area contributed by atoms with E-state index in [2.05, 4.69) is 15.3 Å². The van der Waals surface area contributed by atoms with Gasteiger partial charge in [0.15, 0.2) is 18.1 Å². The van der Waals surface area contributed by atoms with E-state index in [4.69, 9.17) is 13.6 Å². The molecule has 1 amide bonds. The largest absolute Gasteiger partial charge is 0.459 e. The molecule has 3 aromatic heterocycles. The predicted octanol–water partition coefficient (Wildman–Crippen LogP) is 1.95. The lowest BCUT2D eigenvalue weighted by molar-refractivity contribution is -0.134. The smallest absolute Gasteiger partial charge is 0.361 e. The topological polar surface area (TPSA) is 144 Å². The maximum absolute atomic E-state index is 12.6. The van der Waals surface area contributed by atoms with Crippen LogP contribution in [0.15, 0.2) is 63.8 Å². The molecule has 4 aromatic rings. The van der Waals surface area contributed by atoms with Gasteiger partial charge in [-0.3, -0.25) is 4.79 Å². The van der Waals surface area contributed by atoms with Crippen LogP contribution in [0, 0.1) is 11.3 Å². The molecule has 36 heavy (non-hydrogen) atoms. The highest BCUT2D eigenvalue weighted by Crippen LogP contribution is 2.29. The number of amides is 1. The minimum atomic E-state index is -0.716. The Balaban J connectivity index is 1.12. The lowest BCUT2D eigenvalue weighted by Gasteiger charge is -2.34. The third kappa shape index (κ3) is 4.95. The van der Waals surface area contributed by atoms with Crippen LogP contribution in [0.1, 0.15) is 21.7 Å². The Morgan fingerprint density at radius 1 is 1.08 bits per heavy atom. The van der Waals surface area contributed by atoms with Crippen molar-refractivity contribution in [3.8, 4) is 17.7 Å². The molecule has 0 spiro atoms. The number of piperazine rings is 1. The first-order valence-corrected chi connectivity index (χ1v) is 11.2. The van der Waals surface area contributed by atoms with Gasteiger partial charge in [0, 0.05) is 26.2 Å². The van der Waals surface area contributed by atoms with E-state index in [1.165, 1.54) is 17.1 Å². The second kappa shape index (κ2) is 10.1. The minimum Gasteiger partial charge on any atom is -0.459 e. The standard InChI is InChI=1S/C24H21N7O5/c25-13-18-23(36-22(26-18)20-7-4-12-34-20)30-10-8-29(9-11-30)21(32)16-35-24(33)19-15-31(28-27-19)14-17-5-2-1-3-6-17/h1-7,12,15H,8-11,14,16H2. The third-order valence-corrected chi connectivity index (χ3v) is 5.63.